The minimum absolute atomic E-state index is 0.0179. The molecule has 0 bridgehead atoms. The van der Waals surface area contributed by atoms with E-state index < -0.39 is 22.6 Å². The molecule has 0 saturated heterocycles. The van der Waals surface area contributed by atoms with Crippen molar-refractivity contribution in [3.63, 3.8) is 0 Å². The molecule has 9 heteroatoms. The third kappa shape index (κ3) is 4.31. The second kappa shape index (κ2) is 7.39. The van der Waals surface area contributed by atoms with Crippen LogP contribution in [0.5, 0.6) is 0 Å². The number of rotatable bonds is 6. The standard InChI is InChI=1S/C11H12Cl2N2O5/c1-20-5-7(16)4-14-11(17)6-2-8(12)10(13)9(3-6)15(18)19/h2-3,7,16H,4-5H2,1H3,(H,14,17). The predicted octanol–water partition coefficient (Wildman–Crippen LogP) is 1.64. The van der Waals surface area contributed by atoms with Crippen molar-refractivity contribution < 1.29 is 19.6 Å². The summed E-state index contributed by atoms with van der Waals surface area (Å²) < 4.78 is 4.70. The summed E-state index contributed by atoms with van der Waals surface area (Å²) in [7, 11) is 1.41. The first-order valence-corrected chi connectivity index (χ1v) is 6.21. The van der Waals surface area contributed by atoms with Crippen LogP contribution in [0.3, 0.4) is 0 Å². The number of halogens is 2. The molecule has 0 aliphatic rings. The van der Waals surface area contributed by atoms with Gasteiger partial charge in [0.1, 0.15) is 5.02 Å². The van der Waals surface area contributed by atoms with Crippen LogP contribution in [0.2, 0.25) is 10.0 Å². The van der Waals surface area contributed by atoms with Crippen LogP contribution in [-0.2, 0) is 4.74 Å². The third-order valence-electron chi connectivity index (χ3n) is 2.33. The van der Waals surface area contributed by atoms with Gasteiger partial charge in [0.05, 0.1) is 22.7 Å². The SMILES string of the molecule is COCC(O)CNC(=O)c1cc(Cl)c(Cl)c([N+](=O)[O-])c1. The molecule has 1 rings (SSSR count). The van der Waals surface area contributed by atoms with E-state index >= 15 is 0 Å². The molecule has 0 radical (unpaired) electrons. The molecule has 2 N–H and O–H groups in total. The van der Waals surface area contributed by atoms with Crippen LogP contribution in [-0.4, -0.2) is 42.3 Å². The van der Waals surface area contributed by atoms with Gasteiger partial charge < -0.3 is 15.2 Å². The fourth-order valence-electron chi connectivity index (χ4n) is 1.40. The Balaban J connectivity index is 2.86. The van der Waals surface area contributed by atoms with Gasteiger partial charge in [0.15, 0.2) is 0 Å². The number of aliphatic hydroxyl groups is 1. The Labute approximate surface area is 124 Å². The second-order valence-electron chi connectivity index (χ2n) is 3.87. The van der Waals surface area contributed by atoms with Crippen LogP contribution in [0, 0.1) is 10.1 Å². The van der Waals surface area contributed by atoms with Gasteiger partial charge in [0.25, 0.3) is 11.6 Å². The maximum atomic E-state index is 11.8. The van der Waals surface area contributed by atoms with E-state index in [2.05, 4.69) is 5.32 Å². The van der Waals surface area contributed by atoms with Crippen molar-refractivity contribution in [2.45, 2.75) is 6.10 Å². The van der Waals surface area contributed by atoms with Gasteiger partial charge >= 0.3 is 0 Å². The van der Waals surface area contributed by atoms with Crippen molar-refractivity contribution in [1.29, 1.82) is 0 Å². The summed E-state index contributed by atoms with van der Waals surface area (Å²) in [6.07, 6.45) is -0.873. The molecule has 0 aliphatic carbocycles. The molecule has 20 heavy (non-hydrogen) atoms. The first-order valence-electron chi connectivity index (χ1n) is 5.45. The summed E-state index contributed by atoms with van der Waals surface area (Å²) in [4.78, 5) is 21.8. The van der Waals surface area contributed by atoms with Crippen molar-refractivity contribution in [3.8, 4) is 0 Å². The summed E-state index contributed by atoms with van der Waals surface area (Å²) in [5.41, 5.74) is -0.475. The molecule has 1 atom stereocenters. The summed E-state index contributed by atoms with van der Waals surface area (Å²) >= 11 is 11.4. The topological polar surface area (TPSA) is 102 Å². The lowest BCUT2D eigenvalue weighted by Gasteiger charge is -2.11. The van der Waals surface area contributed by atoms with Gasteiger partial charge in [-0.1, -0.05) is 23.2 Å². The lowest BCUT2D eigenvalue weighted by atomic mass is 10.2. The van der Waals surface area contributed by atoms with E-state index in [0.29, 0.717) is 0 Å². The molecule has 7 nitrogen and oxygen atoms in total. The van der Waals surface area contributed by atoms with Gasteiger partial charge in [-0.2, -0.15) is 0 Å². The number of nitro groups is 1. The third-order valence-corrected chi connectivity index (χ3v) is 3.12. The molecule has 1 unspecified atom stereocenters. The van der Waals surface area contributed by atoms with Gasteiger partial charge in [0, 0.05) is 25.3 Å². The average Bonchev–Trinajstić information content (AvgIpc) is 2.38. The van der Waals surface area contributed by atoms with E-state index in [9.17, 15) is 20.0 Å². The number of nitrogens with one attached hydrogen (secondary N) is 1. The molecule has 0 spiro atoms. The zero-order valence-electron chi connectivity index (χ0n) is 10.4. The highest BCUT2D eigenvalue weighted by Gasteiger charge is 2.20. The maximum absolute atomic E-state index is 11.8. The zero-order valence-corrected chi connectivity index (χ0v) is 11.9. The van der Waals surface area contributed by atoms with Gasteiger partial charge in [-0.25, -0.2) is 0 Å². The van der Waals surface area contributed by atoms with E-state index in [-0.39, 0.29) is 28.8 Å². The van der Waals surface area contributed by atoms with Gasteiger partial charge in [-0.3, -0.25) is 14.9 Å². The Morgan fingerprint density at radius 1 is 1.55 bits per heavy atom. The quantitative estimate of drug-likeness (QED) is 0.612. The monoisotopic (exact) mass is 322 g/mol. The average molecular weight is 323 g/mol. The molecule has 110 valence electrons. The number of hydrogen-bond acceptors (Lipinski definition) is 5. The van der Waals surface area contributed by atoms with Crippen molar-refractivity contribution in [2.24, 2.45) is 0 Å². The minimum atomic E-state index is -0.873. The summed E-state index contributed by atoms with van der Waals surface area (Å²) in [5.74, 6) is -0.609. The number of nitrogens with zero attached hydrogens (tertiary/aromatic N) is 1. The molecule has 0 fully saturated rings. The number of aliphatic hydroxyl groups excluding tert-OH is 1. The minimum Gasteiger partial charge on any atom is -0.389 e. The highest BCUT2D eigenvalue weighted by atomic mass is 35.5. The van der Waals surface area contributed by atoms with Crippen LogP contribution in [0.1, 0.15) is 10.4 Å². The first-order chi connectivity index (χ1) is 9.36. The number of nitro benzene ring substituents is 1. The van der Waals surface area contributed by atoms with Crippen LogP contribution in [0.25, 0.3) is 0 Å². The number of amides is 1. The summed E-state index contributed by atoms with van der Waals surface area (Å²) in [5, 5.41) is 22.2. The Kier molecular flexibility index (Phi) is 6.15. The molecule has 1 amide bonds. The zero-order chi connectivity index (χ0) is 15.3. The Morgan fingerprint density at radius 2 is 2.20 bits per heavy atom. The van der Waals surface area contributed by atoms with Gasteiger partial charge in [-0.05, 0) is 6.07 Å². The molecule has 1 aromatic carbocycles. The number of hydrogen-bond donors (Lipinski definition) is 2. The van der Waals surface area contributed by atoms with Crippen LogP contribution < -0.4 is 5.32 Å². The lowest BCUT2D eigenvalue weighted by Crippen LogP contribution is -2.34. The number of carbonyl (C=O) groups excluding carboxylic acids is 1. The Hall–Kier alpha value is -1.41. The normalized spacial score (nSPS) is 12.0. The first kappa shape index (κ1) is 16.6. The van der Waals surface area contributed by atoms with E-state index in [1.54, 1.807) is 0 Å². The largest absolute Gasteiger partial charge is 0.389 e. The van der Waals surface area contributed by atoms with Gasteiger partial charge in [0.2, 0.25) is 0 Å². The van der Waals surface area contributed by atoms with E-state index in [0.717, 1.165) is 6.07 Å². The summed E-state index contributed by atoms with van der Waals surface area (Å²) in [6, 6.07) is 2.24. The molecule has 0 aromatic heterocycles. The molecule has 0 saturated carbocycles. The number of ether oxygens (including phenoxy) is 1. The highest BCUT2D eigenvalue weighted by Crippen LogP contribution is 2.32. The molecule has 1 aromatic rings. The molecule has 0 aliphatic heterocycles. The fourth-order valence-corrected chi connectivity index (χ4v) is 1.79. The van der Waals surface area contributed by atoms with Crippen molar-refractivity contribution in [2.75, 3.05) is 20.3 Å². The number of carbonyl (C=O) groups is 1. The van der Waals surface area contributed by atoms with Crippen LogP contribution in [0.15, 0.2) is 12.1 Å². The fraction of sp³-hybridized carbons (Fsp3) is 0.364. The van der Waals surface area contributed by atoms with E-state index in [1.165, 1.54) is 13.2 Å². The second-order valence-corrected chi connectivity index (χ2v) is 4.65. The smallest absolute Gasteiger partial charge is 0.290 e. The van der Waals surface area contributed by atoms with E-state index in [1.807, 2.05) is 0 Å². The lowest BCUT2D eigenvalue weighted by molar-refractivity contribution is -0.384. The number of benzene rings is 1. The van der Waals surface area contributed by atoms with Crippen molar-refractivity contribution in [1.82, 2.24) is 5.32 Å². The Bertz CT molecular complexity index is 524. The summed E-state index contributed by atoms with van der Waals surface area (Å²) in [6.45, 7) is 0.00250. The molecular weight excluding hydrogens is 311 g/mol. The van der Waals surface area contributed by atoms with Crippen molar-refractivity contribution in [3.05, 3.63) is 37.9 Å². The van der Waals surface area contributed by atoms with Crippen LogP contribution >= 0.6 is 23.2 Å². The molecular formula is C11H12Cl2N2O5. The Morgan fingerprint density at radius 3 is 2.75 bits per heavy atom. The maximum Gasteiger partial charge on any atom is 0.290 e. The van der Waals surface area contributed by atoms with Crippen molar-refractivity contribution >= 4 is 34.8 Å². The highest BCUT2D eigenvalue weighted by molar-refractivity contribution is 6.43. The van der Waals surface area contributed by atoms with Gasteiger partial charge in [-0.15, -0.1) is 0 Å². The molecule has 0 heterocycles. The van der Waals surface area contributed by atoms with E-state index in [4.69, 9.17) is 27.9 Å². The van der Waals surface area contributed by atoms with Crippen LogP contribution in [0.4, 0.5) is 5.69 Å². The number of methoxy groups -OCH3 is 1. The predicted molar refractivity (Wildman–Crippen MR) is 73.3 cm³/mol.